The van der Waals surface area contributed by atoms with Crippen LogP contribution in [0.15, 0.2) is 18.2 Å². The van der Waals surface area contributed by atoms with Gasteiger partial charge in [-0.2, -0.15) is 0 Å². The molecule has 1 aromatic rings. The molecule has 1 atom stereocenters. The summed E-state index contributed by atoms with van der Waals surface area (Å²) < 4.78 is 13.0. The van der Waals surface area contributed by atoms with E-state index in [1.54, 1.807) is 6.07 Å². The molecule has 15 heavy (non-hydrogen) atoms. The molecule has 0 aliphatic heterocycles. The Morgan fingerprint density at radius 3 is 2.60 bits per heavy atom. The van der Waals surface area contributed by atoms with Crippen LogP contribution in [0.5, 0.6) is 0 Å². The molecule has 0 spiro atoms. The number of halogens is 3. The van der Waals surface area contributed by atoms with Gasteiger partial charge in [0.15, 0.2) is 0 Å². The molecule has 0 fully saturated rings. The molecule has 1 unspecified atom stereocenters. The maximum Gasteiger partial charge on any atom is 0.123 e. The van der Waals surface area contributed by atoms with Crippen molar-refractivity contribution < 1.29 is 4.39 Å². The van der Waals surface area contributed by atoms with Crippen molar-refractivity contribution in [3.05, 3.63) is 34.6 Å². The SMILES string of the molecule is CCC(C)(CCl)Cc1cc(F)ccc1Cl. The van der Waals surface area contributed by atoms with Gasteiger partial charge in [0, 0.05) is 10.9 Å². The van der Waals surface area contributed by atoms with E-state index in [-0.39, 0.29) is 11.2 Å². The van der Waals surface area contributed by atoms with E-state index in [4.69, 9.17) is 23.2 Å². The molecule has 0 aromatic heterocycles. The molecule has 0 aliphatic rings. The van der Waals surface area contributed by atoms with Gasteiger partial charge in [-0.15, -0.1) is 11.6 Å². The van der Waals surface area contributed by atoms with E-state index < -0.39 is 0 Å². The van der Waals surface area contributed by atoms with Crippen molar-refractivity contribution in [2.24, 2.45) is 5.41 Å². The molecule has 1 rings (SSSR count). The highest BCUT2D eigenvalue weighted by Crippen LogP contribution is 2.31. The summed E-state index contributed by atoms with van der Waals surface area (Å²) in [5, 5.41) is 0.612. The molecule has 84 valence electrons. The lowest BCUT2D eigenvalue weighted by Crippen LogP contribution is -2.20. The van der Waals surface area contributed by atoms with Crippen LogP contribution in [0.2, 0.25) is 5.02 Å². The van der Waals surface area contributed by atoms with E-state index in [0.717, 1.165) is 12.0 Å². The summed E-state index contributed by atoms with van der Waals surface area (Å²) in [7, 11) is 0. The number of hydrogen-bond acceptors (Lipinski definition) is 0. The number of alkyl halides is 1. The number of hydrogen-bond donors (Lipinski definition) is 0. The molecule has 0 radical (unpaired) electrons. The summed E-state index contributed by atoms with van der Waals surface area (Å²) in [5.74, 6) is 0.304. The van der Waals surface area contributed by atoms with Crippen LogP contribution in [0, 0.1) is 11.2 Å². The van der Waals surface area contributed by atoms with Crippen molar-refractivity contribution in [2.75, 3.05) is 5.88 Å². The Morgan fingerprint density at radius 1 is 1.40 bits per heavy atom. The Bertz CT molecular complexity index is 332. The predicted octanol–water partition coefficient (Wildman–Crippen LogP) is 4.68. The highest BCUT2D eigenvalue weighted by Gasteiger charge is 2.22. The van der Waals surface area contributed by atoms with Gasteiger partial charge in [0.25, 0.3) is 0 Å². The Balaban J connectivity index is 2.92. The summed E-state index contributed by atoms with van der Waals surface area (Å²) in [5.41, 5.74) is 0.820. The van der Waals surface area contributed by atoms with Crippen molar-refractivity contribution >= 4 is 23.2 Å². The van der Waals surface area contributed by atoms with Gasteiger partial charge >= 0.3 is 0 Å². The Kier molecular flexibility index (Phi) is 4.42. The topological polar surface area (TPSA) is 0 Å². The van der Waals surface area contributed by atoms with Crippen molar-refractivity contribution in [1.29, 1.82) is 0 Å². The summed E-state index contributed by atoms with van der Waals surface area (Å²) in [6.07, 6.45) is 1.66. The van der Waals surface area contributed by atoms with Crippen LogP contribution in [-0.4, -0.2) is 5.88 Å². The highest BCUT2D eigenvalue weighted by molar-refractivity contribution is 6.31. The lowest BCUT2D eigenvalue weighted by Gasteiger charge is -2.25. The smallest absolute Gasteiger partial charge is 0.123 e. The molecule has 1 aromatic carbocycles. The summed E-state index contributed by atoms with van der Waals surface area (Å²) in [6.45, 7) is 4.16. The molecule has 0 saturated carbocycles. The molecule has 3 heteroatoms. The quantitative estimate of drug-likeness (QED) is 0.680. The lowest BCUT2D eigenvalue weighted by atomic mass is 9.83. The minimum absolute atomic E-state index is 0.0149. The largest absolute Gasteiger partial charge is 0.207 e. The number of rotatable bonds is 4. The normalized spacial score (nSPS) is 15.0. The molecule has 0 heterocycles. The second-order valence-electron chi connectivity index (χ2n) is 4.21. The molecule has 0 saturated heterocycles. The van der Waals surface area contributed by atoms with Crippen LogP contribution in [0.4, 0.5) is 4.39 Å². The minimum Gasteiger partial charge on any atom is -0.207 e. The summed E-state index contributed by atoms with van der Waals surface area (Å²) in [6, 6.07) is 4.45. The predicted molar refractivity (Wildman–Crippen MR) is 64.2 cm³/mol. The highest BCUT2D eigenvalue weighted by atomic mass is 35.5. The van der Waals surface area contributed by atoms with Gasteiger partial charge in [-0.05, 0) is 42.0 Å². The molecular weight excluding hydrogens is 234 g/mol. The van der Waals surface area contributed by atoms with Crippen LogP contribution in [0.25, 0.3) is 0 Å². The number of benzene rings is 1. The Labute approximate surface area is 100 Å². The third kappa shape index (κ3) is 3.35. The molecule has 0 nitrogen and oxygen atoms in total. The van der Waals surface area contributed by atoms with Crippen molar-refractivity contribution in [2.45, 2.75) is 26.7 Å². The van der Waals surface area contributed by atoms with Crippen LogP contribution in [0.1, 0.15) is 25.8 Å². The fourth-order valence-corrected chi connectivity index (χ4v) is 1.87. The van der Waals surface area contributed by atoms with E-state index in [1.165, 1.54) is 12.1 Å². The van der Waals surface area contributed by atoms with Crippen molar-refractivity contribution in [3.8, 4) is 0 Å². The van der Waals surface area contributed by atoms with E-state index in [1.807, 2.05) is 0 Å². The molecule has 0 aliphatic carbocycles. The van der Waals surface area contributed by atoms with Gasteiger partial charge in [0.2, 0.25) is 0 Å². The molecule has 0 bridgehead atoms. The first-order valence-corrected chi connectivity index (χ1v) is 5.92. The van der Waals surface area contributed by atoms with Gasteiger partial charge in [-0.3, -0.25) is 0 Å². The molecular formula is C12H15Cl2F. The van der Waals surface area contributed by atoms with Gasteiger partial charge in [0.05, 0.1) is 0 Å². The van der Waals surface area contributed by atoms with E-state index in [9.17, 15) is 4.39 Å². The van der Waals surface area contributed by atoms with E-state index in [2.05, 4.69) is 13.8 Å². The standard InChI is InChI=1S/C12H15Cl2F/c1-3-12(2,8-13)7-9-6-10(15)4-5-11(9)14/h4-6H,3,7-8H2,1-2H3. The average Bonchev–Trinajstić information content (AvgIpc) is 2.23. The van der Waals surface area contributed by atoms with Crippen LogP contribution in [0.3, 0.4) is 0 Å². The fraction of sp³-hybridized carbons (Fsp3) is 0.500. The van der Waals surface area contributed by atoms with Gasteiger partial charge in [0.1, 0.15) is 5.82 Å². The van der Waals surface area contributed by atoms with Crippen molar-refractivity contribution in [3.63, 3.8) is 0 Å². The maximum absolute atomic E-state index is 13.0. The van der Waals surface area contributed by atoms with E-state index in [0.29, 0.717) is 17.3 Å². The average molecular weight is 249 g/mol. The zero-order valence-corrected chi connectivity index (χ0v) is 10.5. The van der Waals surface area contributed by atoms with E-state index >= 15 is 0 Å². The first kappa shape index (κ1) is 12.8. The molecule has 0 amide bonds. The second-order valence-corrected chi connectivity index (χ2v) is 4.88. The second kappa shape index (κ2) is 5.18. The minimum atomic E-state index is -0.248. The van der Waals surface area contributed by atoms with Crippen LogP contribution >= 0.6 is 23.2 Å². The first-order chi connectivity index (χ1) is 7.00. The van der Waals surface area contributed by atoms with Crippen molar-refractivity contribution in [1.82, 2.24) is 0 Å². The van der Waals surface area contributed by atoms with Crippen LogP contribution < -0.4 is 0 Å². The van der Waals surface area contributed by atoms with Gasteiger partial charge in [-0.1, -0.05) is 25.4 Å². The monoisotopic (exact) mass is 248 g/mol. The van der Waals surface area contributed by atoms with Gasteiger partial charge in [-0.25, -0.2) is 4.39 Å². The Hall–Kier alpha value is -0.270. The van der Waals surface area contributed by atoms with Gasteiger partial charge < -0.3 is 0 Å². The zero-order chi connectivity index (χ0) is 11.5. The summed E-state index contributed by atoms with van der Waals surface area (Å²) in [4.78, 5) is 0. The lowest BCUT2D eigenvalue weighted by molar-refractivity contribution is 0.355. The van der Waals surface area contributed by atoms with Crippen LogP contribution in [-0.2, 0) is 6.42 Å². The first-order valence-electron chi connectivity index (χ1n) is 5.00. The maximum atomic E-state index is 13.0. The third-order valence-corrected chi connectivity index (χ3v) is 3.82. The zero-order valence-electron chi connectivity index (χ0n) is 8.99. The molecule has 0 N–H and O–H groups in total. The third-order valence-electron chi connectivity index (χ3n) is 2.80. The fourth-order valence-electron chi connectivity index (χ4n) is 1.41. The Morgan fingerprint density at radius 2 is 2.07 bits per heavy atom. The summed E-state index contributed by atoms with van der Waals surface area (Å²) >= 11 is 11.9.